The smallest absolute Gasteiger partial charge is 0.248 e. The molecule has 1 aliphatic heterocycles. The second kappa shape index (κ2) is 6.30. The average molecular weight is 356 g/mol. The maximum absolute atomic E-state index is 5.99. The first-order valence-electron chi connectivity index (χ1n) is 7.41. The summed E-state index contributed by atoms with van der Waals surface area (Å²) in [5.74, 6) is 0.626. The molecule has 2 heterocycles. The van der Waals surface area contributed by atoms with Crippen LogP contribution in [-0.2, 0) is 0 Å². The van der Waals surface area contributed by atoms with Crippen LogP contribution in [0.25, 0.3) is 5.70 Å². The van der Waals surface area contributed by atoms with Gasteiger partial charge >= 0.3 is 0 Å². The van der Waals surface area contributed by atoms with Crippen molar-refractivity contribution >= 4 is 35.0 Å². The summed E-state index contributed by atoms with van der Waals surface area (Å²) in [5, 5.41) is 16.0. The van der Waals surface area contributed by atoms with Crippen molar-refractivity contribution in [1.29, 1.82) is 0 Å². The van der Waals surface area contributed by atoms with E-state index < -0.39 is 0 Å². The first-order chi connectivity index (χ1) is 11.7. The minimum Gasteiger partial charge on any atom is -0.323 e. The molecule has 0 bridgehead atoms. The second-order valence-electron chi connectivity index (χ2n) is 5.38. The predicted molar refractivity (Wildman–Crippen MR) is 97.2 cm³/mol. The zero-order chi connectivity index (χ0) is 16.5. The van der Waals surface area contributed by atoms with E-state index in [0.717, 1.165) is 16.8 Å². The lowest BCUT2D eigenvalue weighted by Gasteiger charge is -2.23. The number of rotatable bonds is 3. The van der Waals surface area contributed by atoms with Gasteiger partial charge in [0.25, 0.3) is 0 Å². The lowest BCUT2D eigenvalue weighted by atomic mass is 10.0. The van der Waals surface area contributed by atoms with Crippen molar-refractivity contribution in [3.63, 3.8) is 0 Å². The molecule has 0 fully saturated rings. The minimum atomic E-state index is -0.0576. The number of allylic oxidation sites excluding steroid dienone is 1. The van der Waals surface area contributed by atoms with Gasteiger partial charge < -0.3 is 5.32 Å². The Balaban J connectivity index is 1.77. The van der Waals surface area contributed by atoms with E-state index >= 15 is 0 Å². The number of aromatic nitrogens is 4. The van der Waals surface area contributed by atoms with Gasteiger partial charge in [0.1, 0.15) is 6.04 Å². The molecule has 0 spiro atoms. The third-order valence-corrected chi connectivity index (χ3v) is 4.94. The van der Waals surface area contributed by atoms with Gasteiger partial charge in [0, 0.05) is 15.6 Å². The van der Waals surface area contributed by atoms with E-state index in [2.05, 4.69) is 57.4 Å². The number of hydrogen-bond donors (Lipinski definition) is 1. The van der Waals surface area contributed by atoms with Gasteiger partial charge in [-0.05, 0) is 58.2 Å². The number of fused-ring (bicyclic) bond motifs is 1. The van der Waals surface area contributed by atoms with Crippen molar-refractivity contribution in [2.75, 3.05) is 11.6 Å². The van der Waals surface area contributed by atoms with E-state index in [4.69, 9.17) is 11.6 Å². The molecule has 0 amide bonds. The summed E-state index contributed by atoms with van der Waals surface area (Å²) in [4.78, 5) is 1.23. The molecule has 2 aromatic carbocycles. The van der Waals surface area contributed by atoms with Crippen molar-refractivity contribution in [1.82, 2.24) is 20.2 Å². The number of tetrazole rings is 1. The Labute approximate surface area is 148 Å². The Bertz CT molecular complexity index is 886. The van der Waals surface area contributed by atoms with Crippen molar-refractivity contribution in [3.8, 4) is 0 Å². The van der Waals surface area contributed by atoms with Gasteiger partial charge in [-0.3, -0.25) is 0 Å². The molecule has 24 heavy (non-hydrogen) atoms. The van der Waals surface area contributed by atoms with Crippen molar-refractivity contribution in [2.45, 2.75) is 10.9 Å². The van der Waals surface area contributed by atoms with E-state index in [1.807, 2.05) is 24.3 Å². The van der Waals surface area contributed by atoms with Crippen LogP contribution in [0.1, 0.15) is 17.2 Å². The standard InChI is InChI=1S/C17H14ClN5S/c1-24-14-8-4-12(5-9-14)16-10-15(11-2-6-13(18)7-3-11)19-17-20-21-22-23(16)17/h2-10,16H,1H3,(H,19,20,22)/t16-/m1/s1. The van der Waals surface area contributed by atoms with Gasteiger partial charge in [0.15, 0.2) is 0 Å². The van der Waals surface area contributed by atoms with Gasteiger partial charge in [-0.15, -0.1) is 11.8 Å². The maximum atomic E-state index is 5.99. The molecule has 1 atom stereocenters. The maximum Gasteiger partial charge on any atom is 0.248 e. The van der Waals surface area contributed by atoms with E-state index in [-0.39, 0.29) is 6.04 Å². The third-order valence-electron chi connectivity index (χ3n) is 3.94. The number of hydrogen-bond acceptors (Lipinski definition) is 5. The topological polar surface area (TPSA) is 55.6 Å². The zero-order valence-electron chi connectivity index (χ0n) is 12.8. The van der Waals surface area contributed by atoms with Crippen molar-refractivity contribution in [3.05, 3.63) is 70.8 Å². The molecule has 0 radical (unpaired) electrons. The SMILES string of the molecule is CSc1ccc([C@H]2C=C(c3ccc(Cl)cc3)Nc3nnnn32)cc1. The van der Waals surface area contributed by atoms with Crippen LogP contribution >= 0.6 is 23.4 Å². The monoisotopic (exact) mass is 355 g/mol. The molecule has 1 aromatic heterocycles. The van der Waals surface area contributed by atoms with Crippen LogP contribution in [0, 0.1) is 0 Å². The average Bonchev–Trinajstić information content (AvgIpc) is 3.10. The summed E-state index contributed by atoms with van der Waals surface area (Å²) in [6.07, 6.45) is 4.19. The number of thioether (sulfide) groups is 1. The lowest BCUT2D eigenvalue weighted by Crippen LogP contribution is -2.20. The fraction of sp³-hybridized carbons (Fsp3) is 0.118. The molecule has 120 valence electrons. The highest BCUT2D eigenvalue weighted by Gasteiger charge is 2.24. The summed E-state index contributed by atoms with van der Waals surface area (Å²) in [6, 6.07) is 16.1. The van der Waals surface area contributed by atoms with Crippen LogP contribution in [0.2, 0.25) is 5.02 Å². The van der Waals surface area contributed by atoms with E-state index in [1.54, 1.807) is 16.4 Å². The van der Waals surface area contributed by atoms with Crippen LogP contribution in [0.4, 0.5) is 5.95 Å². The van der Waals surface area contributed by atoms with Gasteiger partial charge in [-0.1, -0.05) is 41.0 Å². The Morgan fingerprint density at radius 3 is 2.54 bits per heavy atom. The number of nitrogens with zero attached hydrogens (tertiary/aromatic N) is 4. The van der Waals surface area contributed by atoms with Crippen molar-refractivity contribution in [2.24, 2.45) is 0 Å². The summed E-state index contributed by atoms with van der Waals surface area (Å²) >= 11 is 7.71. The molecule has 3 aromatic rings. The molecule has 4 rings (SSSR count). The van der Waals surface area contributed by atoms with Gasteiger partial charge in [-0.2, -0.15) is 4.68 Å². The fourth-order valence-electron chi connectivity index (χ4n) is 2.69. The minimum absolute atomic E-state index is 0.0576. The van der Waals surface area contributed by atoms with Crippen LogP contribution in [-0.4, -0.2) is 26.5 Å². The largest absolute Gasteiger partial charge is 0.323 e. The van der Waals surface area contributed by atoms with Crippen LogP contribution < -0.4 is 5.32 Å². The van der Waals surface area contributed by atoms with Crippen LogP contribution in [0.15, 0.2) is 59.5 Å². The number of nitrogens with one attached hydrogen (secondary N) is 1. The highest BCUT2D eigenvalue weighted by atomic mass is 35.5. The normalized spacial score (nSPS) is 16.2. The number of anilines is 1. The first kappa shape index (κ1) is 15.2. The molecular formula is C17H14ClN5S. The Morgan fingerprint density at radius 1 is 1.08 bits per heavy atom. The predicted octanol–water partition coefficient (Wildman–Crippen LogP) is 4.10. The van der Waals surface area contributed by atoms with Crippen LogP contribution in [0.5, 0.6) is 0 Å². The molecule has 0 saturated carbocycles. The Kier molecular flexibility index (Phi) is 4.00. The van der Waals surface area contributed by atoms with E-state index in [1.165, 1.54) is 4.90 Å². The summed E-state index contributed by atoms with van der Waals surface area (Å²) in [5.41, 5.74) is 3.14. The van der Waals surface area contributed by atoms with Gasteiger partial charge in [0.05, 0.1) is 0 Å². The number of benzene rings is 2. The summed E-state index contributed by atoms with van der Waals surface area (Å²) < 4.78 is 1.79. The molecule has 1 N–H and O–H groups in total. The van der Waals surface area contributed by atoms with Gasteiger partial charge in [-0.25, -0.2) is 0 Å². The summed E-state index contributed by atoms with van der Waals surface area (Å²) in [6.45, 7) is 0. The fourth-order valence-corrected chi connectivity index (χ4v) is 3.22. The van der Waals surface area contributed by atoms with E-state index in [9.17, 15) is 0 Å². The Morgan fingerprint density at radius 2 is 1.83 bits per heavy atom. The molecule has 0 saturated heterocycles. The molecule has 5 nitrogen and oxygen atoms in total. The number of halogens is 1. The van der Waals surface area contributed by atoms with Gasteiger partial charge in [0.2, 0.25) is 5.95 Å². The third kappa shape index (κ3) is 2.79. The Hall–Kier alpha value is -2.31. The zero-order valence-corrected chi connectivity index (χ0v) is 14.4. The quantitative estimate of drug-likeness (QED) is 0.717. The van der Waals surface area contributed by atoms with Crippen molar-refractivity contribution < 1.29 is 0 Å². The highest BCUT2D eigenvalue weighted by molar-refractivity contribution is 7.98. The molecular weight excluding hydrogens is 342 g/mol. The summed E-state index contributed by atoms with van der Waals surface area (Å²) in [7, 11) is 0. The molecule has 0 unspecified atom stereocenters. The highest BCUT2D eigenvalue weighted by Crippen LogP contribution is 2.32. The second-order valence-corrected chi connectivity index (χ2v) is 6.69. The van der Waals surface area contributed by atoms with E-state index in [0.29, 0.717) is 11.0 Å². The molecule has 7 heteroatoms. The van der Waals surface area contributed by atoms with Crippen LogP contribution in [0.3, 0.4) is 0 Å². The molecule has 1 aliphatic rings. The lowest BCUT2D eigenvalue weighted by molar-refractivity contribution is 0.585. The molecule has 0 aliphatic carbocycles. The first-order valence-corrected chi connectivity index (χ1v) is 9.01.